The second kappa shape index (κ2) is 9.34. The minimum Gasteiger partial charge on any atom is -0.383 e. The number of ether oxygens (including phenoxy) is 1. The number of piperidine rings is 1. The van der Waals surface area contributed by atoms with Gasteiger partial charge in [0.1, 0.15) is 0 Å². The van der Waals surface area contributed by atoms with Crippen molar-refractivity contribution in [3.63, 3.8) is 0 Å². The second-order valence-electron chi connectivity index (χ2n) is 5.36. The fourth-order valence-corrected chi connectivity index (χ4v) is 3.00. The number of hydrogen-bond acceptors (Lipinski definition) is 5. The van der Waals surface area contributed by atoms with Crippen molar-refractivity contribution in [3.05, 3.63) is 0 Å². The number of methoxy groups -OCH3 is 1. The van der Waals surface area contributed by atoms with Crippen LogP contribution in [0.1, 0.15) is 25.7 Å². The normalized spacial score (nSPS) is 19.7. The van der Waals surface area contributed by atoms with Gasteiger partial charge in [-0.25, -0.2) is 13.1 Å². The predicted octanol–water partition coefficient (Wildman–Crippen LogP) is -0.457. The van der Waals surface area contributed by atoms with Gasteiger partial charge in [0.05, 0.1) is 19.4 Å². The number of likely N-dealkylation sites (tertiary alicyclic amines) is 1. The van der Waals surface area contributed by atoms with Crippen LogP contribution in [0.15, 0.2) is 0 Å². The summed E-state index contributed by atoms with van der Waals surface area (Å²) in [7, 11) is -1.54. The van der Waals surface area contributed by atoms with Gasteiger partial charge in [0.15, 0.2) is 0 Å². The van der Waals surface area contributed by atoms with Gasteiger partial charge in [-0.15, -0.1) is 0 Å². The summed E-state index contributed by atoms with van der Waals surface area (Å²) in [4.78, 5) is 14.1. The number of amides is 1. The smallest absolute Gasteiger partial charge is 0.236 e. The summed E-state index contributed by atoms with van der Waals surface area (Å²) >= 11 is 0. The molecule has 1 rings (SSSR count). The summed E-state index contributed by atoms with van der Waals surface area (Å²) in [5, 5.41) is 3.06. The molecule has 0 aromatic carbocycles. The molecule has 1 heterocycles. The standard InChI is InChI=1S/C13H27N3O4S/c1-20-10-8-14-11-13(17)16-9-4-3-5-12(16)6-7-15-21(2,18)19/h12,14-15H,3-11H2,1-2H3. The predicted molar refractivity (Wildman–Crippen MR) is 81.6 cm³/mol. The van der Waals surface area contributed by atoms with Gasteiger partial charge in [-0.05, 0) is 25.7 Å². The van der Waals surface area contributed by atoms with Crippen molar-refractivity contribution in [2.24, 2.45) is 0 Å². The van der Waals surface area contributed by atoms with Gasteiger partial charge in [-0.1, -0.05) is 0 Å². The summed E-state index contributed by atoms with van der Waals surface area (Å²) in [6.07, 6.45) is 4.85. The van der Waals surface area contributed by atoms with Crippen LogP contribution in [-0.2, 0) is 19.6 Å². The van der Waals surface area contributed by atoms with E-state index in [0.29, 0.717) is 32.7 Å². The molecule has 0 radical (unpaired) electrons. The highest BCUT2D eigenvalue weighted by Crippen LogP contribution is 2.19. The Morgan fingerprint density at radius 3 is 2.76 bits per heavy atom. The van der Waals surface area contributed by atoms with Crippen LogP contribution in [0.5, 0.6) is 0 Å². The molecule has 1 saturated heterocycles. The van der Waals surface area contributed by atoms with Crippen LogP contribution in [0, 0.1) is 0 Å². The molecule has 7 nitrogen and oxygen atoms in total. The van der Waals surface area contributed by atoms with Crippen LogP contribution in [0.25, 0.3) is 0 Å². The molecular weight excluding hydrogens is 294 g/mol. The molecule has 1 aliphatic rings. The van der Waals surface area contributed by atoms with Crippen LogP contribution in [0.2, 0.25) is 0 Å². The Hall–Kier alpha value is -0.700. The molecule has 0 spiro atoms. The molecule has 0 aliphatic carbocycles. The van der Waals surface area contributed by atoms with E-state index in [2.05, 4.69) is 10.0 Å². The molecule has 1 unspecified atom stereocenters. The van der Waals surface area contributed by atoms with E-state index in [4.69, 9.17) is 4.74 Å². The quantitative estimate of drug-likeness (QED) is 0.561. The maximum absolute atomic E-state index is 12.2. The molecular formula is C13H27N3O4S. The maximum Gasteiger partial charge on any atom is 0.236 e. The summed E-state index contributed by atoms with van der Waals surface area (Å²) in [5.41, 5.74) is 0. The Morgan fingerprint density at radius 2 is 2.10 bits per heavy atom. The Morgan fingerprint density at radius 1 is 1.33 bits per heavy atom. The minimum absolute atomic E-state index is 0.0789. The van der Waals surface area contributed by atoms with Crippen molar-refractivity contribution in [2.45, 2.75) is 31.7 Å². The third-order valence-electron chi connectivity index (χ3n) is 3.55. The Bertz CT molecular complexity index is 414. The molecule has 0 saturated carbocycles. The summed E-state index contributed by atoms with van der Waals surface area (Å²) in [5.74, 6) is 0.0789. The highest BCUT2D eigenvalue weighted by atomic mass is 32.2. The van der Waals surface area contributed by atoms with Crippen LogP contribution >= 0.6 is 0 Å². The first kappa shape index (κ1) is 18.3. The number of sulfonamides is 1. The highest BCUT2D eigenvalue weighted by molar-refractivity contribution is 7.88. The topological polar surface area (TPSA) is 87.7 Å². The number of carbonyl (C=O) groups excluding carboxylic acids is 1. The highest BCUT2D eigenvalue weighted by Gasteiger charge is 2.26. The van der Waals surface area contributed by atoms with Gasteiger partial charge in [0.2, 0.25) is 15.9 Å². The minimum atomic E-state index is -3.16. The van der Waals surface area contributed by atoms with Gasteiger partial charge < -0.3 is 15.0 Å². The number of nitrogens with zero attached hydrogens (tertiary/aromatic N) is 1. The third-order valence-corrected chi connectivity index (χ3v) is 4.28. The first-order chi connectivity index (χ1) is 9.94. The van der Waals surface area contributed by atoms with E-state index >= 15 is 0 Å². The largest absolute Gasteiger partial charge is 0.383 e. The van der Waals surface area contributed by atoms with Crippen molar-refractivity contribution in [1.82, 2.24) is 14.9 Å². The second-order valence-corrected chi connectivity index (χ2v) is 7.19. The molecule has 1 amide bonds. The van der Waals surface area contributed by atoms with E-state index in [0.717, 1.165) is 32.1 Å². The molecule has 1 atom stereocenters. The lowest BCUT2D eigenvalue weighted by atomic mass is 9.99. The van der Waals surface area contributed by atoms with Crippen LogP contribution < -0.4 is 10.0 Å². The summed E-state index contributed by atoms with van der Waals surface area (Å²) < 4.78 is 29.6. The van der Waals surface area contributed by atoms with Gasteiger partial charge in [0.25, 0.3) is 0 Å². The van der Waals surface area contributed by atoms with Gasteiger partial charge >= 0.3 is 0 Å². The number of carbonyl (C=O) groups is 1. The zero-order valence-corrected chi connectivity index (χ0v) is 13.7. The molecule has 0 bridgehead atoms. The van der Waals surface area contributed by atoms with E-state index < -0.39 is 10.0 Å². The fraction of sp³-hybridized carbons (Fsp3) is 0.923. The lowest BCUT2D eigenvalue weighted by molar-refractivity contribution is -0.134. The van der Waals surface area contributed by atoms with Crippen molar-refractivity contribution in [1.29, 1.82) is 0 Å². The lowest BCUT2D eigenvalue weighted by Gasteiger charge is -2.36. The molecule has 21 heavy (non-hydrogen) atoms. The maximum atomic E-state index is 12.2. The Balaban J connectivity index is 2.39. The number of hydrogen-bond donors (Lipinski definition) is 2. The van der Waals surface area contributed by atoms with Gasteiger partial charge in [-0.2, -0.15) is 0 Å². The van der Waals surface area contributed by atoms with E-state index in [1.165, 1.54) is 0 Å². The molecule has 0 aromatic heterocycles. The van der Waals surface area contributed by atoms with E-state index in [-0.39, 0.29) is 11.9 Å². The molecule has 0 aromatic rings. The van der Waals surface area contributed by atoms with Gasteiger partial charge in [0, 0.05) is 32.8 Å². The van der Waals surface area contributed by atoms with Crippen molar-refractivity contribution < 1.29 is 17.9 Å². The van der Waals surface area contributed by atoms with Crippen molar-refractivity contribution >= 4 is 15.9 Å². The molecule has 1 aliphatic heterocycles. The van der Waals surface area contributed by atoms with Crippen molar-refractivity contribution in [3.8, 4) is 0 Å². The Kier molecular flexibility index (Phi) is 8.16. The fourth-order valence-electron chi connectivity index (χ4n) is 2.51. The first-order valence-corrected chi connectivity index (χ1v) is 9.27. The van der Waals surface area contributed by atoms with Crippen molar-refractivity contribution in [2.75, 3.05) is 46.2 Å². The summed E-state index contributed by atoms with van der Waals surface area (Å²) in [6.45, 7) is 2.67. The Labute approximate surface area is 127 Å². The SMILES string of the molecule is COCCNCC(=O)N1CCCCC1CCNS(C)(=O)=O. The van der Waals surface area contributed by atoms with E-state index in [1.807, 2.05) is 4.90 Å². The van der Waals surface area contributed by atoms with Crippen LogP contribution in [0.4, 0.5) is 0 Å². The van der Waals surface area contributed by atoms with Crippen LogP contribution in [0.3, 0.4) is 0 Å². The van der Waals surface area contributed by atoms with Gasteiger partial charge in [-0.3, -0.25) is 4.79 Å². The van der Waals surface area contributed by atoms with E-state index in [9.17, 15) is 13.2 Å². The van der Waals surface area contributed by atoms with E-state index in [1.54, 1.807) is 7.11 Å². The molecule has 2 N–H and O–H groups in total. The average Bonchev–Trinajstić information content (AvgIpc) is 2.42. The first-order valence-electron chi connectivity index (χ1n) is 7.38. The zero-order valence-electron chi connectivity index (χ0n) is 12.9. The number of rotatable bonds is 9. The molecule has 8 heteroatoms. The molecule has 1 fully saturated rings. The lowest BCUT2D eigenvalue weighted by Crippen LogP contribution is -2.48. The zero-order chi connectivity index (χ0) is 15.7. The molecule has 124 valence electrons. The summed E-state index contributed by atoms with van der Waals surface area (Å²) in [6, 6.07) is 0.129. The third kappa shape index (κ3) is 7.75. The monoisotopic (exact) mass is 321 g/mol. The number of nitrogens with one attached hydrogen (secondary N) is 2. The van der Waals surface area contributed by atoms with Crippen LogP contribution in [-0.4, -0.2) is 71.4 Å². The average molecular weight is 321 g/mol.